The van der Waals surface area contributed by atoms with Crippen molar-refractivity contribution in [1.82, 2.24) is 19.3 Å². The maximum atomic E-state index is 12.8. The molecule has 1 N–H and O–H groups in total. The number of fused-ring (bicyclic) bond motifs is 1. The fourth-order valence-electron chi connectivity index (χ4n) is 2.99. The zero-order valence-electron chi connectivity index (χ0n) is 16.0. The van der Waals surface area contributed by atoms with Crippen molar-refractivity contribution in [1.29, 1.82) is 0 Å². The normalized spacial score (nSPS) is 10.8. The monoisotopic (exact) mass is 389 g/mol. The van der Waals surface area contributed by atoms with Crippen LogP contribution in [0.25, 0.3) is 16.7 Å². The van der Waals surface area contributed by atoms with Crippen molar-refractivity contribution in [3.63, 3.8) is 0 Å². The highest BCUT2D eigenvalue weighted by Crippen LogP contribution is 2.17. The maximum absolute atomic E-state index is 12.8. The standard InChI is InChI=1S/C21H19N5O3/c1-14-6-8-16(9-7-14)26-20-18(11-23-26)21(28)25(13-22-20)12-19(27)24-15-4-3-5-17(10-15)29-2/h3-11,13H,12H2,1-2H3,(H,24,27). The lowest BCUT2D eigenvalue weighted by Crippen LogP contribution is -2.27. The quantitative estimate of drug-likeness (QED) is 0.566. The molecule has 0 unspecified atom stereocenters. The van der Waals surface area contributed by atoms with E-state index in [9.17, 15) is 9.59 Å². The highest BCUT2D eigenvalue weighted by molar-refractivity contribution is 5.90. The number of hydrogen-bond acceptors (Lipinski definition) is 5. The zero-order valence-corrected chi connectivity index (χ0v) is 16.0. The van der Waals surface area contributed by atoms with Gasteiger partial charge >= 0.3 is 0 Å². The third-order valence-corrected chi connectivity index (χ3v) is 4.50. The van der Waals surface area contributed by atoms with Gasteiger partial charge in [-0.3, -0.25) is 14.2 Å². The van der Waals surface area contributed by atoms with Gasteiger partial charge in [-0.15, -0.1) is 0 Å². The third-order valence-electron chi connectivity index (χ3n) is 4.50. The van der Waals surface area contributed by atoms with Crippen LogP contribution in [-0.4, -0.2) is 32.3 Å². The summed E-state index contributed by atoms with van der Waals surface area (Å²) in [4.78, 5) is 29.5. The molecule has 4 aromatic rings. The van der Waals surface area contributed by atoms with Gasteiger partial charge in [-0.25, -0.2) is 9.67 Å². The Morgan fingerprint density at radius 1 is 1.17 bits per heavy atom. The molecule has 2 aromatic heterocycles. The van der Waals surface area contributed by atoms with E-state index in [1.807, 2.05) is 31.2 Å². The van der Waals surface area contributed by atoms with Crippen molar-refractivity contribution < 1.29 is 9.53 Å². The molecule has 0 saturated heterocycles. The van der Waals surface area contributed by atoms with Gasteiger partial charge < -0.3 is 10.1 Å². The summed E-state index contributed by atoms with van der Waals surface area (Å²) in [5, 5.41) is 7.39. The second kappa shape index (κ2) is 7.59. The number of aryl methyl sites for hydroxylation is 1. The van der Waals surface area contributed by atoms with Gasteiger partial charge in [0.15, 0.2) is 5.65 Å². The molecule has 4 rings (SSSR count). The van der Waals surface area contributed by atoms with Crippen molar-refractivity contribution in [2.75, 3.05) is 12.4 Å². The molecule has 1 amide bonds. The van der Waals surface area contributed by atoms with Crippen LogP contribution in [0.2, 0.25) is 0 Å². The number of carbonyl (C=O) groups excluding carboxylic acids is 1. The lowest BCUT2D eigenvalue weighted by molar-refractivity contribution is -0.116. The van der Waals surface area contributed by atoms with E-state index in [1.165, 1.54) is 17.1 Å². The Kier molecular flexibility index (Phi) is 4.82. The predicted molar refractivity (Wildman–Crippen MR) is 109 cm³/mol. The molecule has 2 heterocycles. The lowest BCUT2D eigenvalue weighted by atomic mass is 10.2. The number of benzene rings is 2. The first-order valence-corrected chi connectivity index (χ1v) is 8.99. The topological polar surface area (TPSA) is 91.0 Å². The van der Waals surface area contributed by atoms with Crippen LogP contribution in [0.1, 0.15) is 5.56 Å². The van der Waals surface area contributed by atoms with Crippen LogP contribution in [-0.2, 0) is 11.3 Å². The molecular formula is C21H19N5O3. The molecule has 0 aliphatic heterocycles. The number of ether oxygens (including phenoxy) is 1. The van der Waals surface area contributed by atoms with Crippen molar-refractivity contribution in [2.24, 2.45) is 0 Å². The Morgan fingerprint density at radius 2 is 1.97 bits per heavy atom. The molecule has 0 aliphatic carbocycles. The van der Waals surface area contributed by atoms with Gasteiger partial charge in [0.05, 0.1) is 19.0 Å². The number of amides is 1. The fourth-order valence-corrected chi connectivity index (χ4v) is 2.99. The summed E-state index contributed by atoms with van der Waals surface area (Å²) < 4.78 is 8.01. The molecule has 0 atom stereocenters. The van der Waals surface area contributed by atoms with Crippen LogP contribution in [0.5, 0.6) is 5.75 Å². The van der Waals surface area contributed by atoms with Crippen molar-refractivity contribution >= 4 is 22.6 Å². The fraction of sp³-hybridized carbons (Fsp3) is 0.143. The third kappa shape index (κ3) is 3.73. The van der Waals surface area contributed by atoms with E-state index < -0.39 is 0 Å². The summed E-state index contributed by atoms with van der Waals surface area (Å²) in [7, 11) is 1.55. The van der Waals surface area contributed by atoms with Crippen LogP contribution in [0.3, 0.4) is 0 Å². The lowest BCUT2D eigenvalue weighted by Gasteiger charge is -2.09. The van der Waals surface area contributed by atoms with E-state index in [4.69, 9.17) is 4.74 Å². The SMILES string of the molecule is COc1cccc(NC(=O)Cn2cnc3c(cnn3-c3ccc(C)cc3)c2=O)c1. The van der Waals surface area contributed by atoms with E-state index in [-0.39, 0.29) is 18.0 Å². The van der Waals surface area contributed by atoms with Gasteiger partial charge in [-0.2, -0.15) is 5.10 Å². The van der Waals surface area contributed by atoms with Crippen LogP contribution in [0.4, 0.5) is 5.69 Å². The average molecular weight is 389 g/mol. The van der Waals surface area contributed by atoms with Gasteiger partial charge in [0, 0.05) is 11.8 Å². The van der Waals surface area contributed by atoms with Gasteiger partial charge in [0.25, 0.3) is 5.56 Å². The molecule has 8 nitrogen and oxygen atoms in total. The molecule has 0 fully saturated rings. The van der Waals surface area contributed by atoms with Crippen LogP contribution < -0.4 is 15.6 Å². The first-order chi connectivity index (χ1) is 14.0. The van der Waals surface area contributed by atoms with Crippen molar-refractivity contribution in [3.05, 3.63) is 77.0 Å². The van der Waals surface area contributed by atoms with Gasteiger partial charge in [-0.05, 0) is 31.2 Å². The number of anilines is 1. The summed E-state index contributed by atoms with van der Waals surface area (Å²) in [6, 6.07) is 14.8. The molecule has 0 radical (unpaired) electrons. The van der Waals surface area contributed by atoms with Crippen LogP contribution >= 0.6 is 0 Å². The van der Waals surface area contributed by atoms with E-state index in [1.54, 1.807) is 36.1 Å². The summed E-state index contributed by atoms with van der Waals surface area (Å²) in [5.41, 5.74) is 2.65. The molecular weight excluding hydrogens is 370 g/mol. The first kappa shape index (κ1) is 18.4. The predicted octanol–water partition coefficient (Wildman–Crippen LogP) is 2.54. The minimum atomic E-state index is -0.340. The molecule has 0 bridgehead atoms. The van der Waals surface area contributed by atoms with E-state index in [0.29, 0.717) is 22.5 Å². The number of hydrogen-bond donors (Lipinski definition) is 1. The summed E-state index contributed by atoms with van der Waals surface area (Å²) in [6.07, 6.45) is 2.84. The van der Waals surface area contributed by atoms with Crippen LogP contribution in [0.15, 0.2) is 65.8 Å². The van der Waals surface area contributed by atoms with Crippen molar-refractivity contribution in [3.8, 4) is 11.4 Å². The van der Waals surface area contributed by atoms with Gasteiger partial charge in [0.2, 0.25) is 5.91 Å². The summed E-state index contributed by atoms with van der Waals surface area (Å²) >= 11 is 0. The molecule has 0 spiro atoms. The average Bonchev–Trinajstić information content (AvgIpc) is 3.15. The molecule has 146 valence electrons. The van der Waals surface area contributed by atoms with E-state index in [2.05, 4.69) is 15.4 Å². The zero-order chi connectivity index (χ0) is 20.4. The van der Waals surface area contributed by atoms with Crippen molar-refractivity contribution in [2.45, 2.75) is 13.5 Å². The Balaban J connectivity index is 1.58. The number of methoxy groups -OCH3 is 1. The Labute approximate surface area is 166 Å². The summed E-state index contributed by atoms with van der Waals surface area (Å²) in [6.45, 7) is 1.84. The molecule has 8 heteroatoms. The molecule has 29 heavy (non-hydrogen) atoms. The minimum absolute atomic E-state index is 0.158. The Hall–Kier alpha value is -3.94. The molecule has 0 saturated carbocycles. The number of carbonyl (C=O) groups is 1. The Bertz CT molecular complexity index is 1240. The molecule has 0 aliphatic rings. The van der Waals surface area contributed by atoms with Gasteiger partial charge in [0.1, 0.15) is 24.0 Å². The first-order valence-electron chi connectivity index (χ1n) is 8.99. The van der Waals surface area contributed by atoms with Crippen LogP contribution in [0, 0.1) is 6.92 Å². The Morgan fingerprint density at radius 3 is 2.72 bits per heavy atom. The minimum Gasteiger partial charge on any atom is -0.497 e. The van der Waals surface area contributed by atoms with E-state index >= 15 is 0 Å². The van der Waals surface area contributed by atoms with E-state index in [0.717, 1.165) is 11.3 Å². The highest BCUT2D eigenvalue weighted by Gasteiger charge is 2.13. The second-order valence-corrected chi connectivity index (χ2v) is 6.59. The summed E-state index contributed by atoms with van der Waals surface area (Å²) in [5.74, 6) is 0.291. The second-order valence-electron chi connectivity index (χ2n) is 6.59. The highest BCUT2D eigenvalue weighted by atomic mass is 16.5. The molecule has 2 aromatic carbocycles. The smallest absolute Gasteiger partial charge is 0.264 e. The maximum Gasteiger partial charge on any atom is 0.264 e. The number of nitrogens with zero attached hydrogens (tertiary/aromatic N) is 4. The largest absolute Gasteiger partial charge is 0.497 e. The number of rotatable bonds is 5. The number of aromatic nitrogens is 4. The van der Waals surface area contributed by atoms with Gasteiger partial charge in [-0.1, -0.05) is 23.8 Å². The number of nitrogens with one attached hydrogen (secondary N) is 1.